The number of sulfonamides is 1. The Kier molecular flexibility index (Phi) is 6.51. The molecule has 2 aliphatic heterocycles. The molecule has 1 aromatic heterocycles. The highest BCUT2D eigenvalue weighted by atomic mass is 32.2. The zero-order chi connectivity index (χ0) is 22.7. The van der Waals surface area contributed by atoms with Crippen molar-refractivity contribution in [2.24, 2.45) is 10.3 Å². The number of benzene rings is 1. The van der Waals surface area contributed by atoms with Crippen molar-refractivity contribution in [3.63, 3.8) is 0 Å². The lowest BCUT2D eigenvalue weighted by molar-refractivity contribution is 0.575. The van der Waals surface area contributed by atoms with E-state index in [0.717, 1.165) is 54.6 Å². The van der Waals surface area contributed by atoms with Gasteiger partial charge < -0.3 is 10.2 Å². The average molecular weight is 466 g/mol. The first-order chi connectivity index (χ1) is 15.4. The fourth-order valence-electron chi connectivity index (χ4n) is 3.74. The molecule has 0 saturated carbocycles. The van der Waals surface area contributed by atoms with E-state index in [2.05, 4.69) is 30.3 Å². The van der Waals surface area contributed by atoms with E-state index >= 15 is 4.39 Å². The Bertz CT molecular complexity index is 1110. The van der Waals surface area contributed by atoms with Gasteiger partial charge >= 0.3 is 0 Å². The van der Waals surface area contributed by atoms with Crippen LogP contribution in [0.4, 0.5) is 25.8 Å². The van der Waals surface area contributed by atoms with Gasteiger partial charge in [-0.2, -0.15) is 5.11 Å². The lowest BCUT2D eigenvalue weighted by atomic mass is 10.1. The fourth-order valence-corrected chi connectivity index (χ4v) is 4.87. The molecule has 2 aromatic rings. The van der Waals surface area contributed by atoms with Crippen LogP contribution in [0.2, 0.25) is 0 Å². The van der Waals surface area contributed by atoms with Gasteiger partial charge in [0.05, 0.1) is 29.9 Å². The third-order valence-electron chi connectivity index (χ3n) is 5.32. The van der Waals surface area contributed by atoms with Gasteiger partial charge in [0.25, 0.3) is 0 Å². The number of pyridine rings is 1. The molecule has 1 saturated heterocycles. The lowest BCUT2D eigenvalue weighted by Crippen LogP contribution is -2.43. The largest absolute Gasteiger partial charge is 0.368 e. The van der Waals surface area contributed by atoms with E-state index in [1.54, 1.807) is 19.3 Å². The molecule has 172 valence electrons. The van der Waals surface area contributed by atoms with E-state index in [1.807, 2.05) is 6.07 Å². The molecule has 3 heterocycles. The predicted molar refractivity (Wildman–Crippen MR) is 118 cm³/mol. The highest BCUT2D eigenvalue weighted by Crippen LogP contribution is 2.35. The molecule has 0 bridgehead atoms. The minimum absolute atomic E-state index is 0.103. The number of nitrogens with one attached hydrogen (secondary N) is 2. The summed E-state index contributed by atoms with van der Waals surface area (Å²) in [6, 6.07) is 3.59. The third-order valence-corrected chi connectivity index (χ3v) is 6.80. The molecule has 2 aliphatic rings. The first-order valence-corrected chi connectivity index (χ1v) is 12.1. The van der Waals surface area contributed by atoms with Gasteiger partial charge in [-0.1, -0.05) is 12.1 Å². The molecule has 12 heteroatoms. The summed E-state index contributed by atoms with van der Waals surface area (Å²) in [6.07, 6.45) is 3.82. The van der Waals surface area contributed by atoms with E-state index in [1.165, 1.54) is 0 Å². The van der Waals surface area contributed by atoms with Crippen LogP contribution in [0.15, 0.2) is 40.9 Å². The molecule has 1 fully saturated rings. The summed E-state index contributed by atoms with van der Waals surface area (Å²) in [4.78, 5) is 6.51. The Labute approximate surface area is 185 Å². The second kappa shape index (κ2) is 9.33. The van der Waals surface area contributed by atoms with Crippen molar-refractivity contribution in [1.29, 1.82) is 0 Å². The highest BCUT2D eigenvalue weighted by Gasteiger charge is 2.29. The molecule has 0 spiro atoms. The average Bonchev–Trinajstić information content (AvgIpc) is 3.26. The standard InChI is InChI=1S/C20H25F2N7O2S/c1-2-9-32(30,31)26-17-4-3-16(21)20(19(17)22)29-13-18(25-27-29)14-10-15(12-24-11-14)28-7-5-23-6-8-28/h3-4,10-12,18,23,26H,2,5-9,13H2,1H3. The summed E-state index contributed by atoms with van der Waals surface area (Å²) in [5.41, 5.74) is 0.977. The quantitative estimate of drug-likeness (QED) is 0.652. The van der Waals surface area contributed by atoms with Crippen LogP contribution in [0.1, 0.15) is 24.9 Å². The van der Waals surface area contributed by atoms with Gasteiger partial charge in [0.15, 0.2) is 11.6 Å². The summed E-state index contributed by atoms with van der Waals surface area (Å²) in [5.74, 6) is -2.05. The van der Waals surface area contributed by atoms with Crippen LogP contribution in [0, 0.1) is 11.6 Å². The van der Waals surface area contributed by atoms with Crippen molar-refractivity contribution in [2.45, 2.75) is 19.4 Å². The van der Waals surface area contributed by atoms with Crippen molar-refractivity contribution in [3.05, 3.63) is 47.8 Å². The molecule has 2 N–H and O–H groups in total. The maximum Gasteiger partial charge on any atom is 0.232 e. The Hall–Kier alpha value is -2.86. The van der Waals surface area contributed by atoms with Gasteiger partial charge in [0.2, 0.25) is 10.0 Å². The zero-order valence-electron chi connectivity index (χ0n) is 17.6. The van der Waals surface area contributed by atoms with Crippen molar-refractivity contribution < 1.29 is 17.2 Å². The number of hydrogen-bond donors (Lipinski definition) is 2. The second-order valence-corrected chi connectivity index (χ2v) is 9.54. The summed E-state index contributed by atoms with van der Waals surface area (Å²) < 4.78 is 55.8. The van der Waals surface area contributed by atoms with Gasteiger partial charge in [-0.15, -0.1) is 0 Å². The lowest BCUT2D eigenvalue weighted by Gasteiger charge is -2.29. The Balaban J connectivity index is 1.54. The Morgan fingerprint density at radius 1 is 1.22 bits per heavy atom. The van der Waals surface area contributed by atoms with Crippen molar-refractivity contribution in [1.82, 2.24) is 10.3 Å². The SMILES string of the molecule is CCCS(=O)(=O)Nc1ccc(F)c(N2CC(c3cncc(N4CCNCC4)c3)N=N2)c1F. The monoisotopic (exact) mass is 465 g/mol. The maximum absolute atomic E-state index is 15.1. The first kappa shape index (κ1) is 22.3. The summed E-state index contributed by atoms with van der Waals surface area (Å²) in [6.45, 7) is 5.30. The topological polar surface area (TPSA) is 102 Å². The molecule has 1 unspecified atom stereocenters. The van der Waals surface area contributed by atoms with Crippen molar-refractivity contribution >= 4 is 27.1 Å². The van der Waals surface area contributed by atoms with Crippen LogP contribution in [-0.2, 0) is 10.0 Å². The van der Waals surface area contributed by atoms with Crippen LogP contribution in [-0.4, -0.2) is 51.9 Å². The molecule has 9 nitrogen and oxygen atoms in total. The Morgan fingerprint density at radius 3 is 2.75 bits per heavy atom. The normalized spacial score (nSPS) is 18.9. The fraction of sp³-hybridized carbons (Fsp3) is 0.450. The van der Waals surface area contributed by atoms with Gasteiger partial charge in [-0.25, -0.2) is 22.2 Å². The molecule has 0 amide bonds. The van der Waals surface area contributed by atoms with E-state index in [4.69, 9.17) is 0 Å². The number of hydrogen-bond acceptors (Lipinski definition) is 8. The van der Waals surface area contributed by atoms with Gasteiger partial charge in [0, 0.05) is 37.9 Å². The smallest absolute Gasteiger partial charge is 0.232 e. The van der Waals surface area contributed by atoms with Gasteiger partial charge in [-0.05, 0) is 24.6 Å². The Morgan fingerprint density at radius 2 is 2.00 bits per heavy atom. The number of nitrogens with zero attached hydrogens (tertiary/aromatic N) is 5. The van der Waals surface area contributed by atoms with Crippen LogP contribution in [0.5, 0.6) is 0 Å². The number of aromatic nitrogens is 1. The van der Waals surface area contributed by atoms with Crippen molar-refractivity contribution in [3.8, 4) is 0 Å². The minimum Gasteiger partial charge on any atom is -0.368 e. The van der Waals surface area contributed by atoms with Crippen LogP contribution in [0.3, 0.4) is 0 Å². The second-order valence-electron chi connectivity index (χ2n) is 7.69. The third kappa shape index (κ3) is 4.80. The first-order valence-electron chi connectivity index (χ1n) is 10.5. The molecule has 0 aliphatic carbocycles. The number of anilines is 3. The molecule has 32 heavy (non-hydrogen) atoms. The van der Waals surface area contributed by atoms with E-state index < -0.39 is 33.4 Å². The molecule has 0 radical (unpaired) electrons. The van der Waals surface area contributed by atoms with Crippen LogP contribution < -0.4 is 19.9 Å². The summed E-state index contributed by atoms with van der Waals surface area (Å²) in [7, 11) is -3.73. The molecule has 1 atom stereocenters. The molecule has 4 rings (SSSR count). The highest BCUT2D eigenvalue weighted by molar-refractivity contribution is 7.92. The minimum atomic E-state index is -3.73. The number of rotatable bonds is 7. The molecule has 1 aromatic carbocycles. The van der Waals surface area contributed by atoms with Crippen LogP contribution in [0.25, 0.3) is 0 Å². The molecular formula is C20H25F2N7O2S. The van der Waals surface area contributed by atoms with E-state index in [-0.39, 0.29) is 18.0 Å². The number of halogens is 2. The van der Waals surface area contributed by atoms with Gasteiger partial charge in [0.1, 0.15) is 11.7 Å². The van der Waals surface area contributed by atoms with Gasteiger partial charge in [-0.3, -0.25) is 9.71 Å². The van der Waals surface area contributed by atoms with E-state index in [9.17, 15) is 12.8 Å². The predicted octanol–water partition coefficient (Wildman–Crippen LogP) is 2.85. The summed E-state index contributed by atoms with van der Waals surface area (Å²) in [5, 5.41) is 12.5. The molecular weight excluding hydrogens is 440 g/mol. The maximum atomic E-state index is 15.1. The van der Waals surface area contributed by atoms with E-state index in [0.29, 0.717) is 6.42 Å². The van der Waals surface area contributed by atoms with Crippen LogP contribution >= 0.6 is 0 Å². The number of piperazine rings is 1. The summed E-state index contributed by atoms with van der Waals surface area (Å²) >= 11 is 0. The zero-order valence-corrected chi connectivity index (χ0v) is 18.4. The van der Waals surface area contributed by atoms with Crippen molar-refractivity contribution in [2.75, 3.05) is 53.1 Å².